The van der Waals surface area contributed by atoms with Gasteiger partial charge < -0.3 is 11.1 Å². The van der Waals surface area contributed by atoms with E-state index < -0.39 is 0 Å². The highest BCUT2D eigenvalue weighted by atomic mass is 15.2. The molecule has 0 radical (unpaired) electrons. The topological polar surface area (TPSA) is 101 Å². The van der Waals surface area contributed by atoms with Crippen LogP contribution in [0.25, 0.3) is 0 Å². The fourth-order valence-electron chi connectivity index (χ4n) is 0.679. The van der Waals surface area contributed by atoms with Crippen molar-refractivity contribution in [2.45, 2.75) is 6.92 Å². The third kappa shape index (κ3) is 1.79. The van der Waals surface area contributed by atoms with Gasteiger partial charge in [-0.25, -0.2) is 0 Å². The van der Waals surface area contributed by atoms with E-state index in [9.17, 15) is 0 Å². The molecule has 0 saturated heterocycles. The van der Waals surface area contributed by atoms with Crippen LogP contribution in [0.1, 0.15) is 12.7 Å². The summed E-state index contributed by atoms with van der Waals surface area (Å²) >= 11 is 0. The van der Waals surface area contributed by atoms with Crippen molar-refractivity contribution in [2.75, 3.05) is 17.6 Å². The van der Waals surface area contributed by atoms with Crippen molar-refractivity contribution in [3.8, 4) is 6.07 Å². The molecule has 6 nitrogen and oxygen atoms in total. The molecule has 1 rings (SSSR count). The number of aromatic nitrogens is 3. The Labute approximate surface area is 69.5 Å². The summed E-state index contributed by atoms with van der Waals surface area (Å²) in [5.74, 6) is 0.414. The summed E-state index contributed by atoms with van der Waals surface area (Å²) in [5, 5.41) is 11.3. The second-order valence-corrected chi connectivity index (χ2v) is 1.98. The SMILES string of the molecule is CCNc1nc(N)nc(C#N)n1. The Hall–Kier alpha value is -1.90. The maximum absolute atomic E-state index is 8.47. The summed E-state index contributed by atoms with van der Waals surface area (Å²) in [6.45, 7) is 2.57. The third-order valence-electron chi connectivity index (χ3n) is 1.09. The average molecular weight is 164 g/mol. The first-order valence-electron chi connectivity index (χ1n) is 3.41. The Morgan fingerprint density at radius 3 is 2.83 bits per heavy atom. The molecule has 0 spiro atoms. The molecular formula is C6H8N6. The van der Waals surface area contributed by atoms with Gasteiger partial charge in [0.2, 0.25) is 17.7 Å². The molecule has 0 aliphatic heterocycles. The molecule has 3 N–H and O–H groups in total. The summed E-state index contributed by atoms with van der Waals surface area (Å²) in [6, 6.07) is 1.78. The van der Waals surface area contributed by atoms with Gasteiger partial charge in [-0.05, 0) is 6.92 Å². The van der Waals surface area contributed by atoms with E-state index in [4.69, 9.17) is 11.0 Å². The molecule has 0 bridgehead atoms. The first kappa shape index (κ1) is 8.20. The summed E-state index contributed by atoms with van der Waals surface area (Å²) in [6.07, 6.45) is 0. The Balaban J connectivity index is 3.00. The minimum absolute atomic E-state index is 0.0263. The normalized spacial score (nSPS) is 9.00. The van der Waals surface area contributed by atoms with Crippen LogP contribution in [-0.2, 0) is 0 Å². The van der Waals surface area contributed by atoms with Crippen LogP contribution in [0.15, 0.2) is 0 Å². The van der Waals surface area contributed by atoms with Crippen LogP contribution in [0.5, 0.6) is 0 Å². The minimum atomic E-state index is 0.0263. The molecule has 1 aromatic heterocycles. The van der Waals surface area contributed by atoms with E-state index in [0.29, 0.717) is 12.5 Å². The van der Waals surface area contributed by atoms with Crippen LogP contribution in [0.3, 0.4) is 0 Å². The van der Waals surface area contributed by atoms with E-state index in [-0.39, 0.29) is 11.8 Å². The van der Waals surface area contributed by atoms with Crippen molar-refractivity contribution in [3.05, 3.63) is 5.82 Å². The molecule has 6 heteroatoms. The zero-order chi connectivity index (χ0) is 8.97. The lowest BCUT2D eigenvalue weighted by Crippen LogP contribution is -2.07. The smallest absolute Gasteiger partial charge is 0.238 e. The highest BCUT2D eigenvalue weighted by molar-refractivity contribution is 5.33. The van der Waals surface area contributed by atoms with Gasteiger partial charge in [0.05, 0.1) is 0 Å². The van der Waals surface area contributed by atoms with E-state index in [0.717, 1.165) is 0 Å². The largest absolute Gasteiger partial charge is 0.368 e. The predicted octanol–water partition coefficient (Wildman–Crippen LogP) is -0.243. The Bertz CT molecular complexity index is 314. The van der Waals surface area contributed by atoms with Gasteiger partial charge in [0.1, 0.15) is 6.07 Å². The fraction of sp³-hybridized carbons (Fsp3) is 0.333. The second kappa shape index (κ2) is 3.48. The van der Waals surface area contributed by atoms with Crippen LogP contribution in [0.4, 0.5) is 11.9 Å². The van der Waals surface area contributed by atoms with Gasteiger partial charge in [0.15, 0.2) is 0 Å². The van der Waals surface area contributed by atoms with Crippen molar-refractivity contribution in [1.82, 2.24) is 15.0 Å². The molecule has 0 aliphatic carbocycles. The molecule has 0 atom stereocenters. The highest BCUT2D eigenvalue weighted by Crippen LogP contribution is 2.00. The summed E-state index contributed by atoms with van der Waals surface area (Å²) in [4.78, 5) is 11.1. The van der Waals surface area contributed by atoms with Crippen molar-refractivity contribution >= 4 is 11.9 Å². The van der Waals surface area contributed by atoms with Crippen LogP contribution >= 0.6 is 0 Å². The van der Waals surface area contributed by atoms with Gasteiger partial charge in [0, 0.05) is 6.54 Å². The van der Waals surface area contributed by atoms with Gasteiger partial charge >= 0.3 is 0 Å². The molecule has 0 aliphatic rings. The van der Waals surface area contributed by atoms with Gasteiger partial charge in [-0.3, -0.25) is 0 Å². The zero-order valence-electron chi connectivity index (χ0n) is 6.57. The second-order valence-electron chi connectivity index (χ2n) is 1.98. The first-order valence-corrected chi connectivity index (χ1v) is 3.41. The number of hydrogen-bond acceptors (Lipinski definition) is 6. The molecule has 12 heavy (non-hydrogen) atoms. The fourth-order valence-corrected chi connectivity index (χ4v) is 0.679. The minimum Gasteiger partial charge on any atom is -0.368 e. The van der Waals surface area contributed by atoms with E-state index in [2.05, 4.69) is 20.3 Å². The Morgan fingerprint density at radius 1 is 1.50 bits per heavy atom. The monoisotopic (exact) mass is 164 g/mol. The molecule has 0 unspecified atom stereocenters. The predicted molar refractivity (Wildman–Crippen MR) is 43.1 cm³/mol. The number of nitrogens with one attached hydrogen (secondary N) is 1. The molecule has 0 fully saturated rings. The van der Waals surface area contributed by atoms with Crippen LogP contribution in [0.2, 0.25) is 0 Å². The van der Waals surface area contributed by atoms with E-state index in [1.165, 1.54) is 0 Å². The average Bonchev–Trinajstić information content (AvgIpc) is 2.04. The van der Waals surface area contributed by atoms with Crippen molar-refractivity contribution < 1.29 is 0 Å². The number of nitrogen functional groups attached to an aromatic ring is 1. The van der Waals surface area contributed by atoms with Gasteiger partial charge in [-0.2, -0.15) is 20.2 Å². The van der Waals surface area contributed by atoms with Crippen molar-refractivity contribution in [1.29, 1.82) is 5.26 Å². The number of nitrogens with two attached hydrogens (primary N) is 1. The van der Waals surface area contributed by atoms with Gasteiger partial charge in [-0.15, -0.1) is 0 Å². The lowest BCUT2D eigenvalue weighted by Gasteiger charge is -2.00. The first-order chi connectivity index (χ1) is 5.76. The summed E-state index contributed by atoms with van der Waals surface area (Å²) < 4.78 is 0. The number of anilines is 2. The number of rotatable bonds is 2. The van der Waals surface area contributed by atoms with Crippen molar-refractivity contribution in [3.63, 3.8) is 0 Å². The summed E-state index contributed by atoms with van der Waals surface area (Å²) in [7, 11) is 0. The van der Waals surface area contributed by atoms with Crippen molar-refractivity contribution in [2.24, 2.45) is 0 Å². The molecule has 0 aromatic carbocycles. The molecular weight excluding hydrogens is 156 g/mol. The summed E-state index contributed by atoms with van der Waals surface area (Å²) in [5.41, 5.74) is 5.31. The van der Waals surface area contributed by atoms with E-state index in [1.807, 2.05) is 6.92 Å². The van der Waals surface area contributed by atoms with Crippen LogP contribution in [0, 0.1) is 11.3 Å². The molecule has 0 saturated carbocycles. The maximum atomic E-state index is 8.47. The van der Waals surface area contributed by atoms with E-state index in [1.54, 1.807) is 6.07 Å². The lowest BCUT2D eigenvalue weighted by atomic mass is 10.6. The quantitative estimate of drug-likeness (QED) is 0.625. The Kier molecular flexibility index (Phi) is 2.38. The number of nitrogens with zero attached hydrogens (tertiary/aromatic N) is 4. The molecule has 62 valence electrons. The number of hydrogen-bond donors (Lipinski definition) is 2. The standard InChI is InChI=1S/C6H8N6/c1-2-9-6-11-4(3-7)10-5(8)12-6/h2H2,1H3,(H3,8,9,10,11,12). The maximum Gasteiger partial charge on any atom is 0.238 e. The third-order valence-corrected chi connectivity index (χ3v) is 1.09. The van der Waals surface area contributed by atoms with Gasteiger partial charge in [0.25, 0.3) is 0 Å². The highest BCUT2D eigenvalue weighted by Gasteiger charge is 2.00. The van der Waals surface area contributed by atoms with E-state index >= 15 is 0 Å². The Morgan fingerprint density at radius 2 is 2.25 bits per heavy atom. The molecule has 1 heterocycles. The zero-order valence-corrected chi connectivity index (χ0v) is 6.57. The molecule has 0 amide bonds. The number of nitriles is 1. The molecule has 1 aromatic rings. The lowest BCUT2D eigenvalue weighted by molar-refractivity contribution is 1.01. The van der Waals surface area contributed by atoms with Gasteiger partial charge in [-0.1, -0.05) is 0 Å². The van der Waals surface area contributed by atoms with Crippen LogP contribution < -0.4 is 11.1 Å². The van der Waals surface area contributed by atoms with Crippen LogP contribution in [-0.4, -0.2) is 21.5 Å².